The molecule has 0 radical (unpaired) electrons. The van der Waals surface area contributed by atoms with Crippen molar-refractivity contribution in [3.63, 3.8) is 0 Å². The van der Waals surface area contributed by atoms with E-state index >= 15 is 0 Å². The van der Waals surface area contributed by atoms with Crippen molar-refractivity contribution in [2.24, 2.45) is 0 Å². The first-order valence-corrected chi connectivity index (χ1v) is 9.93. The molecule has 1 atom stereocenters. The number of hydrogen-bond acceptors (Lipinski definition) is 7. The molecule has 0 bridgehead atoms. The number of rotatable bonds is 9. The smallest absolute Gasteiger partial charge is 0.288 e. The molecule has 9 nitrogen and oxygen atoms in total. The van der Waals surface area contributed by atoms with Crippen molar-refractivity contribution in [1.82, 2.24) is 29.9 Å². The van der Waals surface area contributed by atoms with Gasteiger partial charge in [-0.1, -0.05) is 0 Å². The second-order valence-electron chi connectivity index (χ2n) is 7.08. The molecule has 2 heterocycles. The fourth-order valence-electron chi connectivity index (χ4n) is 3.05. The van der Waals surface area contributed by atoms with Crippen LogP contribution in [0.3, 0.4) is 0 Å². The molecule has 0 aliphatic carbocycles. The van der Waals surface area contributed by atoms with Crippen LogP contribution < -0.4 is 9.47 Å². The highest BCUT2D eigenvalue weighted by Crippen LogP contribution is 2.25. The maximum Gasteiger partial charge on any atom is 0.288 e. The molecule has 0 saturated heterocycles. The molecule has 3 rings (SSSR count). The SMILES string of the molecule is CCN(C(=O)c1cc(OC)ccc1-n1nccn1)[C@@H](C)COc1cnc(C(C)(F)F)cn1. The van der Waals surface area contributed by atoms with Gasteiger partial charge < -0.3 is 14.4 Å². The van der Waals surface area contributed by atoms with E-state index in [-0.39, 0.29) is 24.4 Å². The van der Waals surface area contributed by atoms with E-state index in [1.807, 2.05) is 13.8 Å². The summed E-state index contributed by atoms with van der Waals surface area (Å²) in [5, 5.41) is 8.23. The third-order valence-electron chi connectivity index (χ3n) is 4.75. The molecule has 170 valence electrons. The molecule has 2 aromatic heterocycles. The third-order valence-corrected chi connectivity index (χ3v) is 4.75. The van der Waals surface area contributed by atoms with E-state index < -0.39 is 11.6 Å². The molecule has 0 saturated carbocycles. The minimum Gasteiger partial charge on any atom is -0.497 e. The van der Waals surface area contributed by atoms with Gasteiger partial charge in [0.1, 0.15) is 18.1 Å². The number of benzene rings is 1. The molecule has 0 aliphatic heterocycles. The highest BCUT2D eigenvalue weighted by molar-refractivity contribution is 5.98. The van der Waals surface area contributed by atoms with Gasteiger partial charge >= 0.3 is 0 Å². The van der Waals surface area contributed by atoms with Crippen LogP contribution in [0, 0.1) is 0 Å². The summed E-state index contributed by atoms with van der Waals surface area (Å²) < 4.78 is 37.4. The van der Waals surface area contributed by atoms with E-state index in [1.54, 1.807) is 23.1 Å². The van der Waals surface area contributed by atoms with Crippen molar-refractivity contribution in [2.45, 2.75) is 32.7 Å². The molecule has 1 aromatic carbocycles. The number of amides is 1. The van der Waals surface area contributed by atoms with Crippen LogP contribution in [0.15, 0.2) is 43.0 Å². The van der Waals surface area contributed by atoms with Crippen molar-refractivity contribution in [2.75, 3.05) is 20.3 Å². The number of carbonyl (C=O) groups excluding carboxylic acids is 1. The van der Waals surface area contributed by atoms with Gasteiger partial charge in [-0.2, -0.15) is 23.8 Å². The average Bonchev–Trinajstić information content (AvgIpc) is 3.32. The largest absolute Gasteiger partial charge is 0.497 e. The molecule has 0 fully saturated rings. The van der Waals surface area contributed by atoms with E-state index in [4.69, 9.17) is 9.47 Å². The van der Waals surface area contributed by atoms with Gasteiger partial charge in [0, 0.05) is 13.5 Å². The predicted octanol–water partition coefficient (Wildman–Crippen LogP) is 3.11. The fourth-order valence-corrected chi connectivity index (χ4v) is 3.05. The molecule has 1 amide bonds. The lowest BCUT2D eigenvalue weighted by Gasteiger charge is -2.28. The quantitative estimate of drug-likeness (QED) is 0.498. The zero-order valence-corrected chi connectivity index (χ0v) is 18.2. The lowest BCUT2D eigenvalue weighted by Crippen LogP contribution is -2.42. The minimum atomic E-state index is -3.08. The summed E-state index contributed by atoms with van der Waals surface area (Å²) in [7, 11) is 1.52. The van der Waals surface area contributed by atoms with Crippen LogP contribution in [0.4, 0.5) is 8.78 Å². The monoisotopic (exact) mass is 446 g/mol. The van der Waals surface area contributed by atoms with Crippen LogP contribution in [-0.2, 0) is 5.92 Å². The van der Waals surface area contributed by atoms with Crippen molar-refractivity contribution < 1.29 is 23.0 Å². The van der Waals surface area contributed by atoms with Gasteiger partial charge in [0.05, 0.1) is 49.2 Å². The Balaban J connectivity index is 1.77. The number of methoxy groups -OCH3 is 1. The maximum absolute atomic E-state index is 13.4. The van der Waals surface area contributed by atoms with Crippen LogP contribution >= 0.6 is 0 Å². The van der Waals surface area contributed by atoms with E-state index in [0.717, 1.165) is 19.3 Å². The van der Waals surface area contributed by atoms with Crippen molar-refractivity contribution in [3.8, 4) is 17.3 Å². The lowest BCUT2D eigenvalue weighted by atomic mass is 10.1. The van der Waals surface area contributed by atoms with Gasteiger partial charge in [-0.3, -0.25) is 4.79 Å². The Morgan fingerprint density at radius 1 is 1.22 bits per heavy atom. The highest BCUT2D eigenvalue weighted by atomic mass is 19.3. The molecule has 11 heteroatoms. The first-order valence-electron chi connectivity index (χ1n) is 9.93. The number of likely N-dealkylation sites (N-methyl/N-ethyl adjacent to an activating group) is 1. The fraction of sp³-hybridized carbons (Fsp3) is 0.381. The zero-order valence-electron chi connectivity index (χ0n) is 18.2. The molecule has 0 N–H and O–H groups in total. The first kappa shape index (κ1) is 23.0. The molecule has 0 spiro atoms. The normalized spacial score (nSPS) is 12.3. The minimum absolute atomic E-state index is 0.0927. The maximum atomic E-state index is 13.4. The van der Waals surface area contributed by atoms with Crippen molar-refractivity contribution in [3.05, 3.63) is 54.2 Å². The number of hydrogen-bond donors (Lipinski definition) is 0. The zero-order chi connectivity index (χ0) is 23.3. The van der Waals surface area contributed by atoms with Gasteiger partial charge in [0.2, 0.25) is 5.88 Å². The van der Waals surface area contributed by atoms with Crippen LogP contribution in [0.2, 0.25) is 0 Å². The Hall–Kier alpha value is -3.63. The third kappa shape index (κ3) is 5.16. The van der Waals surface area contributed by atoms with Crippen molar-refractivity contribution in [1.29, 1.82) is 0 Å². The van der Waals surface area contributed by atoms with Crippen LogP contribution in [0.25, 0.3) is 5.69 Å². The Labute approximate surface area is 184 Å². The first-order chi connectivity index (χ1) is 15.2. The summed E-state index contributed by atoms with van der Waals surface area (Å²) in [6.07, 6.45) is 5.16. The van der Waals surface area contributed by atoms with Gasteiger partial charge in [-0.25, -0.2) is 9.97 Å². The van der Waals surface area contributed by atoms with E-state index in [0.29, 0.717) is 23.5 Å². The molecular weight excluding hydrogens is 422 g/mol. The second kappa shape index (κ2) is 9.67. The Morgan fingerprint density at radius 2 is 1.94 bits per heavy atom. The van der Waals surface area contributed by atoms with Crippen LogP contribution in [-0.4, -0.2) is 62.1 Å². The summed E-state index contributed by atoms with van der Waals surface area (Å²) >= 11 is 0. The number of carbonyl (C=O) groups is 1. The Bertz CT molecular complexity index is 1040. The number of nitrogens with zero attached hydrogens (tertiary/aromatic N) is 6. The Morgan fingerprint density at radius 3 is 2.50 bits per heavy atom. The molecular formula is C21H24F2N6O3. The molecule has 3 aromatic rings. The van der Waals surface area contributed by atoms with E-state index in [9.17, 15) is 13.6 Å². The van der Waals surface area contributed by atoms with Gasteiger partial charge in [0.25, 0.3) is 11.8 Å². The molecule has 32 heavy (non-hydrogen) atoms. The second-order valence-corrected chi connectivity index (χ2v) is 7.08. The van der Waals surface area contributed by atoms with E-state index in [1.165, 1.54) is 24.3 Å². The number of ether oxygens (including phenoxy) is 2. The number of halogens is 2. The average molecular weight is 446 g/mol. The van der Waals surface area contributed by atoms with E-state index in [2.05, 4.69) is 20.2 Å². The standard InChI is InChI=1S/C21H24F2N6O3/c1-5-28(14(2)13-32-19-12-24-18(11-25-19)21(3,22)23)20(30)16-10-15(31-4)6-7-17(16)29-26-8-9-27-29/h6-12,14H,5,13H2,1-4H3/t14-/m0/s1. The number of aromatic nitrogens is 5. The van der Waals surface area contributed by atoms with Gasteiger partial charge in [0.15, 0.2) is 0 Å². The van der Waals surface area contributed by atoms with Crippen molar-refractivity contribution >= 4 is 5.91 Å². The number of alkyl halides is 2. The summed E-state index contributed by atoms with van der Waals surface area (Å²) in [4.78, 5) is 23.9. The predicted molar refractivity (Wildman–Crippen MR) is 111 cm³/mol. The highest BCUT2D eigenvalue weighted by Gasteiger charge is 2.27. The van der Waals surface area contributed by atoms with Gasteiger partial charge in [-0.15, -0.1) is 0 Å². The van der Waals surface area contributed by atoms with Gasteiger partial charge in [-0.05, 0) is 32.0 Å². The van der Waals surface area contributed by atoms with Crippen LogP contribution in [0.1, 0.15) is 36.8 Å². The molecule has 0 aliphatic rings. The Kier molecular flexibility index (Phi) is 6.96. The summed E-state index contributed by atoms with van der Waals surface area (Å²) in [6, 6.07) is 4.71. The summed E-state index contributed by atoms with van der Waals surface area (Å²) in [6.45, 7) is 4.90. The topological polar surface area (TPSA) is 95.3 Å². The van der Waals surface area contributed by atoms with Crippen LogP contribution in [0.5, 0.6) is 11.6 Å². The lowest BCUT2D eigenvalue weighted by molar-refractivity contribution is 0.0121. The summed E-state index contributed by atoms with van der Waals surface area (Å²) in [5.74, 6) is -2.73. The molecule has 0 unspecified atom stereocenters. The summed E-state index contributed by atoms with van der Waals surface area (Å²) in [5.41, 5.74) is 0.430.